The van der Waals surface area contributed by atoms with Crippen molar-refractivity contribution in [3.8, 4) is 0 Å². The molecule has 18 heavy (non-hydrogen) atoms. The van der Waals surface area contributed by atoms with E-state index in [1.54, 1.807) is 0 Å². The van der Waals surface area contributed by atoms with Gasteiger partial charge in [-0.3, -0.25) is 4.79 Å². The normalized spacial score (nSPS) is 8.89. The molecule has 1 aromatic carbocycles. The zero-order valence-corrected chi connectivity index (χ0v) is 11.7. The zero-order valence-electron chi connectivity index (χ0n) is 10.1. The predicted octanol–water partition coefficient (Wildman–Crippen LogP) is 3.17. The van der Waals surface area contributed by atoms with E-state index in [1.807, 2.05) is 24.3 Å². The van der Waals surface area contributed by atoms with Gasteiger partial charge in [0, 0.05) is 24.3 Å². The molecule has 0 saturated heterocycles. The molecule has 4 N–H and O–H groups in total. The number of aliphatic carboxylic acids is 1. The maximum Gasteiger partial charge on any atom is 0.303 e. The molecule has 0 atom stereocenters. The molecule has 0 fully saturated rings. The van der Waals surface area contributed by atoms with Gasteiger partial charge in [0.2, 0.25) is 0 Å². The maximum absolute atomic E-state index is 10.3. The Bertz CT molecular complexity index is 331. The summed E-state index contributed by atoms with van der Waals surface area (Å²) in [7, 11) is 0. The fraction of sp³-hybridized carbons (Fsp3) is 0.417. The highest BCUT2D eigenvalue weighted by molar-refractivity contribution is 5.85. The lowest BCUT2D eigenvalue weighted by atomic mass is 10.2. The Kier molecular flexibility index (Phi) is 11.7. The molecule has 0 bridgehead atoms. The second kappa shape index (κ2) is 11.0. The van der Waals surface area contributed by atoms with Crippen LogP contribution < -0.4 is 11.1 Å². The SMILES string of the molecule is Cl.Cl.Nc1ccc(NCCCCCC(=O)O)cc1. The van der Waals surface area contributed by atoms with Gasteiger partial charge in [-0.15, -0.1) is 24.8 Å². The van der Waals surface area contributed by atoms with Gasteiger partial charge in [-0.1, -0.05) is 6.42 Å². The monoisotopic (exact) mass is 294 g/mol. The Hall–Kier alpha value is -1.13. The topological polar surface area (TPSA) is 75.3 Å². The average Bonchev–Trinajstić information content (AvgIpc) is 2.25. The molecule has 0 saturated carbocycles. The molecule has 0 unspecified atom stereocenters. The molecule has 0 aliphatic carbocycles. The lowest BCUT2D eigenvalue weighted by Crippen LogP contribution is -2.02. The number of hydrogen-bond donors (Lipinski definition) is 3. The van der Waals surface area contributed by atoms with Gasteiger partial charge in [-0.05, 0) is 37.1 Å². The summed E-state index contributed by atoms with van der Waals surface area (Å²) in [6, 6.07) is 7.58. The van der Waals surface area contributed by atoms with E-state index in [4.69, 9.17) is 10.8 Å². The van der Waals surface area contributed by atoms with Crippen molar-refractivity contribution in [3.05, 3.63) is 24.3 Å². The van der Waals surface area contributed by atoms with Crippen LogP contribution in [0.3, 0.4) is 0 Å². The Morgan fingerprint density at radius 2 is 1.72 bits per heavy atom. The van der Waals surface area contributed by atoms with Crippen LogP contribution in [0, 0.1) is 0 Å². The summed E-state index contributed by atoms with van der Waals surface area (Å²) in [5.74, 6) is -0.716. The van der Waals surface area contributed by atoms with Gasteiger partial charge in [-0.2, -0.15) is 0 Å². The summed E-state index contributed by atoms with van der Waals surface area (Å²) in [5.41, 5.74) is 7.37. The smallest absolute Gasteiger partial charge is 0.303 e. The molecular weight excluding hydrogens is 275 g/mol. The fourth-order valence-electron chi connectivity index (χ4n) is 1.41. The van der Waals surface area contributed by atoms with Crippen molar-refractivity contribution in [2.45, 2.75) is 25.7 Å². The first-order valence-corrected chi connectivity index (χ1v) is 5.49. The van der Waals surface area contributed by atoms with E-state index in [2.05, 4.69) is 5.32 Å². The maximum atomic E-state index is 10.3. The molecule has 6 heteroatoms. The van der Waals surface area contributed by atoms with Crippen molar-refractivity contribution in [1.82, 2.24) is 0 Å². The molecule has 0 aliphatic heterocycles. The van der Waals surface area contributed by atoms with Gasteiger partial charge in [0.05, 0.1) is 0 Å². The lowest BCUT2D eigenvalue weighted by molar-refractivity contribution is -0.137. The van der Waals surface area contributed by atoms with Gasteiger partial charge in [-0.25, -0.2) is 0 Å². The van der Waals surface area contributed by atoms with Crippen molar-refractivity contribution in [2.24, 2.45) is 0 Å². The standard InChI is InChI=1S/C12H18N2O2.2ClH/c13-10-5-7-11(8-6-10)14-9-3-1-2-4-12(15)16;;/h5-8,14H,1-4,9,13H2,(H,15,16);2*1H. The molecule has 0 heterocycles. The first-order valence-electron chi connectivity index (χ1n) is 5.49. The largest absolute Gasteiger partial charge is 0.481 e. The third-order valence-electron chi connectivity index (χ3n) is 2.31. The van der Waals surface area contributed by atoms with E-state index in [1.165, 1.54) is 0 Å². The van der Waals surface area contributed by atoms with Gasteiger partial charge < -0.3 is 16.2 Å². The van der Waals surface area contributed by atoms with E-state index in [0.29, 0.717) is 0 Å². The number of carboxylic acids is 1. The molecule has 4 nitrogen and oxygen atoms in total. The zero-order chi connectivity index (χ0) is 11.8. The van der Waals surface area contributed by atoms with Crippen LogP contribution >= 0.6 is 24.8 Å². The molecule has 0 spiro atoms. The van der Waals surface area contributed by atoms with Gasteiger partial charge in [0.15, 0.2) is 0 Å². The van der Waals surface area contributed by atoms with Gasteiger partial charge >= 0.3 is 5.97 Å². The summed E-state index contributed by atoms with van der Waals surface area (Å²) >= 11 is 0. The van der Waals surface area contributed by atoms with Crippen molar-refractivity contribution in [2.75, 3.05) is 17.6 Å². The Labute approximate surface area is 120 Å². The minimum absolute atomic E-state index is 0. The number of rotatable bonds is 7. The van der Waals surface area contributed by atoms with Crippen LogP contribution in [0.5, 0.6) is 0 Å². The number of halogens is 2. The molecule has 0 aliphatic rings. The van der Waals surface area contributed by atoms with Crippen molar-refractivity contribution in [1.29, 1.82) is 0 Å². The second-order valence-corrected chi connectivity index (χ2v) is 3.75. The Balaban J connectivity index is 0. The number of nitrogens with one attached hydrogen (secondary N) is 1. The number of unbranched alkanes of at least 4 members (excludes halogenated alkanes) is 2. The number of nitrogens with two attached hydrogens (primary N) is 1. The molecule has 0 amide bonds. The number of carboxylic acid groups (broad SMARTS) is 1. The number of benzene rings is 1. The molecule has 104 valence electrons. The minimum atomic E-state index is -0.716. The minimum Gasteiger partial charge on any atom is -0.481 e. The highest BCUT2D eigenvalue weighted by Gasteiger charge is 1.96. The predicted molar refractivity (Wildman–Crippen MR) is 79.9 cm³/mol. The second-order valence-electron chi connectivity index (χ2n) is 3.75. The summed E-state index contributed by atoms with van der Waals surface area (Å²) < 4.78 is 0. The van der Waals surface area contributed by atoms with Gasteiger partial charge in [0.1, 0.15) is 0 Å². The van der Waals surface area contributed by atoms with Crippen LogP contribution in [0.1, 0.15) is 25.7 Å². The van der Waals surface area contributed by atoms with Gasteiger partial charge in [0.25, 0.3) is 0 Å². The highest BCUT2D eigenvalue weighted by Crippen LogP contribution is 2.10. The van der Waals surface area contributed by atoms with Crippen molar-refractivity contribution >= 4 is 42.2 Å². The van der Waals surface area contributed by atoms with E-state index < -0.39 is 5.97 Å². The summed E-state index contributed by atoms with van der Waals surface area (Å²) in [6.45, 7) is 0.865. The van der Waals surface area contributed by atoms with Crippen molar-refractivity contribution in [3.63, 3.8) is 0 Å². The molecular formula is C12H20Cl2N2O2. The quantitative estimate of drug-likeness (QED) is 0.533. The lowest BCUT2D eigenvalue weighted by Gasteiger charge is -2.05. The van der Waals surface area contributed by atoms with Crippen LogP contribution in [0.15, 0.2) is 24.3 Å². The molecule has 1 aromatic rings. The van der Waals surface area contributed by atoms with E-state index in [9.17, 15) is 4.79 Å². The average molecular weight is 295 g/mol. The first-order chi connectivity index (χ1) is 7.68. The third kappa shape index (κ3) is 8.96. The third-order valence-corrected chi connectivity index (χ3v) is 2.31. The summed E-state index contributed by atoms with van der Waals surface area (Å²) in [6.07, 6.45) is 2.94. The fourth-order valence-corrected chi connectivity index (χ4v) is 1.41. The van der Waals surface area contributed by atoms with Crippen LogP contribution in [0.2, 0.25) is 0 Å². The van der Waals surface area contributed by atoms with E-state index in [0.717, 1.165) is 37.2 Å². The van der Waals surface area contributed by atoms with E-state index >= 15 is 0 Å². The number of hydrogen-bond acceptors (Lipinski definition) is 3. The van der Waals surface area contributed by atoms with Crippen LogP contribution in [-0.2, 0) is 4.79 Å². The number of anilines is 2. The summed E-state index contributed by atoms with van der Waals surface area (Å²) in [5, 5.41) is 11.7. The Morgan fingerprint density at radius 1 is 1.11 bits per heavy atom. The molecule has 0 radical (unpaired) electrons. The molecule has 1 rings (SSSR count). The highest BCUT2D eigenvalue weighted by atomic mass is 35.5. The summed E-state index contributed by atoms with van der Waals surface area (Å²) in [4.78, 5) is 10.3. The van der Waals surface area contributed by atoms with Crippen molar-refractivity contribution < 1.29 is 9.90 Å². The van der Waals surface area contributed by atoms with E-state index in [-0.39, 0.29) is 31.2 Å². The molecule has 0 aromatic heterocycles. The van der Waals surface area contributed by atoms with Crippen LogP contribution in [0.25, 0.3) is 0 Å². The van der Waals surface area contributed by atoms with Crippen LogP contribution in [-0.4, -0.2) is 17.6 Å². The Morgan fingerprint density at radius 3 is 2.28 bits per heavy atom. The first kappa shape index (κ1) is 19.2. The number of nitrogen functional groups attached to an aromatic ring is 1. The van der Waals surface area contributed by atoms with Crippen LogP contribution in [0.4, 0.5) is 11.4 Å². The number of carbonyl (C=O) groups is 1.